The third kappa shape index (κ3) is 4.96. The SMILES string of the molecule is CC(C)=CCCC(C)=CCC[C@]1(C)Oc2c(c(O)cc3c2CN(CCO)C3=O)C[C@@H]1O. The minimum absolute atomic E-state index is 0.0240. The number of aliphatic hydroxyl groups is 2. The summed E-state index contributed by atoms with van der Waals surface area (Å²) in [5, 5.41) is 30.6. The zero-order chi connectivity index (χ0) is 22.8. The lowest BCUT2D eigenvalue weighted by Crippen LogP contribution is -2.49. The highest BCUT2D eigenvalue weighted by Gasteiger charge is 2.44. The number of aliphatic hydroxyl groups excluding tert-OH is 2. The largest absolute Gasteiger partial charge is 0.508 e. The molecular weight excluding hydrogens is 394 g/mol. The van der Waals surface area contributed by atoms with Gasteiger partial charge >= 0.3 is 0 Å². The summed E-state index contributed by atoms with van der Waals surface area (Å²) in [5.74, 6) is 0.276. The number of aromatic hydroxyl groups is 1. The summed E-state index contributed by atoms with van der Waals surface area (Å²) in [4.78, 5) is 14.2. The first-order valence-electron chi connectivity index (χ1n) is 11.1. The molecule has 0 radical (unpaired) electrons. The minimum Gasteiger partial charge on any atom is -0.508 e. The van der Waals surface area contributed by atoms with E-state index in [1.165, 1.54) is 17.2 Å². The van der Waals surface area contributed by atoms with Crippen LogP contribution in [0, 0.1) is 0 Å². The number of amides is 1. The molecule has 1 aromatic rings. The quantitative estimate of drug-likeness (QED) is 0.546. The molecular formula is C25H35NO5. The van der Waals surface area contributed by atoms with E-state index in [2.05, 4.69) is 32.9 Å². The predicted molar refractivity (Wildman–Crippen MR) is 120 cm³/mol. The van der Waals surface area contributed by atoms with Crippen molar-refractivity contribution in [1.29, 1.82) is 0 Å². The Balaban J connectivity index is 1.77. The fourth-order valence-corrected chi connectivity index (χ4v) is 4.36. The van der Waals surface area contributed by atoms with Gasteiger partial charge in [0.1, 0.15) is 17.1 Å². The van der Waals surface area contributed by atoms with Crippen molar-refractivity contribution >= 4 is 5.91 Å². The molecule has 3 rings (SSSR count). The van der Waals surface area contributed by atoms with Crippen molar-refractivity contribution < 1.29 is 24.9 Å². The molecule has 1 amide bonds. The Morgan fingerprint density at radius 2 is 2.00 bits per heavy atom. The van der Waals surface area contributed by atoms with Crippen LogP contribution in [0.25, 0.3) is 0 Å². The second kappa shape index (κ2) is 9.45. The number of hydrogen-bond donors (Lipinski definition) is 3. The molecule has 1 aromatic carbocycles. The van der Waals surface area contributed by atoms with E-state index in [-0.39, 0.29) is 31.2 Å². The first kappa shape index (κ1) is 23.4. The van der Waals surface area contributed by atoms with Crippen molar-refractivity contribution in [3.8, 4) is 11.5 Å². The number of ether oxygens (including phenoxy) is 1. The fraction of sp³-hybridized carbons (Fsp3) is 0.560. The van der Waals surface area contributed by atoms with Gasteiger partial charge in [0, 0.05) is 24.1 Å². The third-order valence-corrected chi connectivity index (χ3v) is 6.36. The molecule has 0 fully saturated rings. The number of phenolic OH excluding ortho intramolecular Hbond substituents is 1. The number of phenols is 1. The molecule has 0 saturated carbocycles. The number of carbonyl (C=O) groups is 1. The summed E-state index contributed by atoms with van der Waals surface area (Å²) in [7, 11) is 0. The first-order chi connectivity index (χ1) is 14.7. The standard InChI is InChI=1S/C25H35NO5/c1-16(2)7-5-8-17(3)9-6-10-25(4)22(29)14-19-21(28)13-18-20(23(19)31-25)15-26(11-12-27)24(18)30/h7,9,13,22,27-29H,5-6,8,10-12,14-15H2,1-4H3/t22-,25-/m0/s1. The first-order valence-corrected chi connectivity index (χ1v) is 11.1. The van der Waals surface area contributed by atoms with Crippen LogP contribution in [0.5, 0.6) is 11.5 Å². The molecule has 0 saturated heterocycles. The van der Waals surface area contributed by atoms with Crippen LogP contribution in [-0.2, 0) is 13.0 Å². The Morgan fingerprint density at radius 1 is 1.26 bits per heavy atom. The Kier molecular flexibility index (Phi) is 7.12. The number of rotatable bonds is 8. The Hall–Kier alpha value is -2.31. The number of β-amino-alcohol motifs (C(OH)–C–C–N with tert-alkyl or cyclic N) is 1. The summed E-state index contributed by atoms with van der Waals surface area (Å²) in [6.45, 7) is 8.68. The maximum Gasteiger partial charge on any atom is 0.254 e. The molecule has 2 heterocycles. The lowest BCUT2D eigenvalue weighted by molar-refractivity contribution is -0.0599. The van der Waals surface area contributed by atoms with Crippen molar-refractivity contribution in [2.24, 2.45) is 0 Å². The zero-order valence-electron chi connectivity index (χ0n) is 19.1. The normalized spacial score (nSPS) is 22.8. The highest BCUT2D eigenvalue weighted by Crippen LogP contribution is 2.46. The minimum atomic E-state index is -0.807. The Morgan fingerprint density at radius 3 is 2.68 bits per heavy atom. The average Bonchev–Trinajstić information content (AvgIpc) is 3.00. The second-order valence-corrected chi connectivity index (χ2v) is 9.22. The van der Waals surface area contributed by atoms with Crippen LogP contribution < -0.4 is 4.74 Å². The number of hydrogen-bond acceptors (Lipinski definition) is 5. The summed E-state index contributed by atoms with van der Waals surface area (Å²) in [6.07, 6.45) is 7.41. The monoisotopic (exact) mass is 429 g/mol. The summed E-state index contributed by atoms with van der Waals surface area (Å²) >= 11 is 0. The smallest absolute Gasteiger partial charge is 0.254 e. The summed E-state index contributed by atoms with van der Waals surface area (Å²) < 4.78 is 6.33. The molecule has 0 aliphatic carbocycles. The van der Waals surface area contributed by atoms with Gasteiger partial charge in [-0.2, -0.15) is 0 Å². The molecule has 2 aliphatic heterocycles. The van der Waals surface area contributed by atoms with Gasteiger partial charge in [-0.15, -0.1) is 0 Å². The molecule has 6 nitrogen and oxygen atoms in total. The van der Waals surface area contributed by atoms with Crippen LogP contribution >= 0.6 is 0 Å². The van der Waals surface area contributed by atoms with E-state index >= 15 is 0 Å². The van der Waals surface area contributed by atoms with E-state index in [0.29, 0.717) is 29.8 Å². The molecule has 6 heteroatoms. The molecule has 0 spiro atoms. The van der Waals surface area contributed by atoms with Gasteiger partial charge in [0.05, 0.1) is 24.8 Å². The average molecular weight is 430 g/mol. The van der Waals surface area contributed by atoms with Crippen LogP contribution in [0.4, 0.5) is 0 Å². The van der Waals surface area contributed by atoms with E-state index < -0.39 is 11.7 Å². The molecule has 2 aliphatic rings. The van der Waals surface area contributed by atoms with Crippen LogP contribution in [0.15, 0.2) is 29.4 Å². The highest BCUT2D eigenvalue weighted by molar-refractivity contribution is 6.00. The van der Waals surface area contributed by atoms with Crippen LogP contribution in [-0.4, -0.2) is 51.0 Å². The van der Waals surface area contributed by atoms with E-state index in [0.717, 1.165) is 24.8 Å². The van der Waals surface area contributed by atoms with Crippen molar-refractivity contribution in [3.05, 3.63) is 46.1 Å². The van der Waals surface area contributed by atoms with Gasteiger partial charge in [-0.05, 0) is 59.4 Å². The van der Waals surface area contributed by atoms with Gasteiger partial charge in [0.2, 0.25) is 0 Å². The van der Waals surface area contributed by atoms with Gasteiger partial charge in [-0.1, -0.05) is 23.3 Å². The lowest BCUT2D eigenvalue weighted by atomic mass is 9.84. The van der Waals surface area contributed by atoms with Gasteiger partial charge in [-0.25, -0.2) is 0 Å². The van der Waals surface area contributed by atoms with Gasteiger partial charge in [0.25, 0.3) is 5.91 Å². The Labute approximate surface area is 184 Å². The van der Waals surface area contributed by atoms with Crippen molar-refractivity contribution in [3.63, 3.8) is 0 Å². The number of benzene rings is 1. The van der Waals surface area contributed by atoms with E-state index in [4.69, 9.17) is 4.74 Å². The number of nitrogens with zero attached hydrogens (tertiary/aromatic N) is 1. The summed E-state index contributed by atoms with van der Waals surface area (Å²) in [6, 6.07) is 1.46. The van der Waals surface area contributed by atoms with Gasteiger partial charge in [0.15, 0.2) is 0 Å². The molecule has 2 atom stereocenters. The lowest BCUT2D eigenvalue weighted by Gasteiger charge is -2.40. The van der Waals surface area contributed by atoms with Crippen molar-refractivity contribution in [2.75, 3.05) is 13.2 Å². The second-order valence-electron chi connectivity index (χ2n) is 9.22. The molecule has 3 N–H and O–H groups in total. The van der Waals surface area contributed by atoms with E-state index in [9.17, 15) is 20.1 Å². The maximum atomic E-state index is 12.6. The summed E-state index contributed by atoms with van der Waals surface area (Å²) in [5.41, 5.74) is 3.53. The van der Waals surface area contributed by atoms with Crippen LogP contribution in [0.1, 0.15) is 74.9 Å². The third-order valence-electron chi connectivity index (χ3n) is 6.36. The zero-order valence-corrected chi connectivity index (χ0v) is 19.1. The maximum absolute atomic E-state index is 12.6. The Bertz CT molecular complexity index is 900. The molecule has 0 unspecified atom stereocenters. The van der Waals surface area contributed by atoms with Crippen molar-refractivity contribution in [1.82, 2.24) is 4.90 Å². The highest BCUT2D eigenvalue weighted by atomic mass is 16.5. The number of carbonyl (C=O) groups excluding carboxylic acids is 1. The van der Waals surface area contributed by atoms with Crippen LogP contribution in [0.2, 0.25) is 0 Å². The van der Waals surface area contributed by atoms with E-state index in [1.807, 2.05) is 6.92 Å². The molecule has 0 bridgehead atoms. The topological polar surface area (TPSA) is 90.2 Å². The van der Waals surface area contributed by atoms with Gasteiger partial charge < -0.3 is 25.0 Å². The number of allylic oxidation sites excluding steroid dienone is 4. The van der Waals surface area contributed by atoms with Gasteiger partial charge in [-0.3, -0.25) is 4.79 Å². The molecule has 31 heavy (non-hydrogen) atoms. The van der Waals surface area contributed by atoms with Crippen LogP contribution in [0.3, 0.4) is 0 Å². The number of fused-ring (bicyclic) bond motifs is 3. The predicted octanol–water partition coefficient (Wildman–Crippen LogP) is 3.87. The molecule has 0 aromatic heterocycles. The van der Waals surface area contributed by atoms with Crippen molar-refractivity contribution in [2.45, 2.75) is 78.0 Å². The fourth-order valence-electron chi connectivity index (χ4n) is 4.36. The molecule has 170 valence electrons. The van der Waals surface area contributed by atoms with E-state index in [1.54, 1.807) is 4.90 Å².